The van der Waals surface area contributed by atoms with Crippen LogP contribution in [-0.4, -0.2) is 28.2 Å². The van der Waals surface area contributed by atoms with Gasteiger partial charge in [-0.1, -0.05) is 42.5 Å². The highest BCUT2D eigenvalue weighted by Gasteiger charge is 2.19. The molecule has 5 heteroatoms. The van der Waals surface area contributed by atoms with E-state index in [1.807, 2.05) is 30.5 Å². The van der Waals surface area contributed by atoms with Crippen LogP contribution in [0.1, 0.15) is 28.8 Å². The molecule has 0 aliphatic carbocycles. The normalized spacial score (nSPS) is 13.8. The van der Waals surface area contributed by atoms with E-state index in [-0.39, 0.29) is 0 Å². The summed E-state index contributed by atoms with van der Waals surface area (Å²) in [5.41, 5.74) is 8.28. The standard InChI is InChI=1S/C27H25N3O2/c1-18-8-9-24(32-16-20-6-4-3-5-7-20)19(2)25(18)27-26-22(15-28-17-29-26)14-23(30-27)21-10-12-31-13-11-21/h3-10,14-15,17H,11-13,16H2,1-2H3. The number of hydrogen-bond acceptors (Lipinski definition) is 5. The zero-order valence-corrected chi connectivity index (χ0v) is 18.3. The van der Waals surface area contributed by atoms with Crippen molar-refractivity contribution in [2.75, 3.05) is 13.2 Å². The predicted octanol–water partition coefficient (Wildman–Crippen LogP) is 5.69. The molecule has 0 saturated carbocycles. The fraction of sp³-hybridized carbons (Fsp3) is 0.222. The largest absolute Gasteiger partial charge is 0.489 e. The van der Waals surface area contributed by atoms with Crippen molar-refractivity contribution in [1.82, 2.24) is 15.0 Å². The number of rotatable bonds is 5. The lowest BCUT2D eigenvalue weighted by Gasteiger charge is -2.18. The van der Waals surface area contributed by atoms with Crippen molar-refractivity contribution in [1.29, 1.82) is 0 Å². The highest BCUT2D eigenvalue weighted by molar-refractivity contribution is 5.94. The molecular weight excluding hydrogens is 398 g/mol. The zero-order valence-electron chi connectivity index (χ0n) is 18.3. The third-order valence-corrected chi connectivity index (χ3v) is 5.88. The van der Waals surface area contributed by atoms with Crippen LogP contribution in [0.2, 0.25) is 0 Å². The van der Waals surface area contributed by atoms with Gasteiger partial charge in [-0.05, 0) is 49.1 Å². The Hall–Kier alpha value is -3.57. The van der Waals surface area contributed by atoms with Crippen molar-refractivity contribution in [2.45, 2.75) is 26.9 Å². The van der Waals surface area contributed by atoms with Crippen molar-refractivity contribution in [3.05, 3.63) is 89.5 Å². The van der Waals surface area contributed by atoms with Crippen LogP contribution in [0.5, 0.6) is 5.75 Å². The number of fused-ring (bicyclic) bond motifs is 1. The van der Waals surface area contributed by atoms with E-state index in [9.17, 15) is 0 Å². The van der Waals surface area contributed by atoms with E-state index < -0.39 is 0 Å². The van der Waals surface area contributed by atoms with E-state index >= 15 is 0 Å². The molecular formula is C27H25N3O2. The number of aryl methyl sites for hydroxylation is 1. The Kier molecular flexibility index (Phi) is 5.65. The molecule has 2 aromatic carbocycles. The molecule has 0 spiro atoms. The van der Waals surface area contributed by atoms with Crippen LogP contribution < -0.4 is 4.74 Å². The Bertz CT molecular complexity index is 1300. The van der Waals surface area contributed by atoms with Gasteiger partial charge in [-0.3, -0.25) is 0 Å². The first kappa shape index (κ1) is 20.3. The van der Waals surface area contributed by atoms with Crippen molar-refractivity contribution >= 4 is 16.5 Å². The molecule has 0 saturated heterocycles. The van der Waals surface area contributed by atoms with Gasteiger partial charge in [-0.2, -0.15) is 0 Å². The highest BCUT2D eigenvalue weighted by Crippen LogP contribution is 2.37. The lowest BCUT2D eigenvalue weighted by Crippen LogP contribution is -2.06. The fourth-order valence-electron chi connectivity index (χ4n) is 4.18. The molecule has 0 N–H and O–H groups in total. The Labute approximate surface area is 187 Å². The monoisotopic (exact) mass is 423 g/mol. The second-order valence-corrected chi connectivity index (χ2v) is 8.03. The minimum atomic E-state index is 0.521. The average molecular weight is 424 g/mol. The summed E-state index contributed by atoms with van der Waals surface area (Å²) >= 11 is 0. The Morgan fingerprint density at radius 3 is 2.75 bits per heavy atom. The summed E-state index contributed by atoms with van der Waals surface area (Å²) in [5, 5.41) is 0.981. The molecule has 0 bridgehead atoms. The van der Waals surface area contributed by atoms with Crippen LogP contribution in [0.4, 0.5) is 0 Å². The van der Waals surface area contributed by atoms with E-state index in [4.69, 9.17) is 14.5 Å². The number of ether oxygens (including phenoxy) is 2. The lowest BCUT2D eigenvalue weighted by molar-refractivity contribution is 0.161. The van der Waals surface area contributed by atoms with Gasteiger partial charge in [0.15, 0.2) is 0 Å². The van der Waals surface area contributed by atoms with Gasteiger partial charge in [0.2, 0.25) is 0 Å². The first-order valence-corrected chi connectivity index (χ1v) is 10.9. The number of benzene rings is 2. The Morgan fingerprint density at radius 1 is 1.06 bits per heavy atom. The topological polar surface area (TPSA) is 57.1 Å². The van der Waals surface area contributed by atoms with Gasteiger partial charge >= 0.3 is 0 Å². The second kappa shape index (κ2) is 8.89. The van der Waals surface area contributed by atoms with E-state index in [0.717, 1.165) is 56.7 Å². The number of hydrogen-bond donors (Lipinski definition) is 0. The zero-order chi connectivity index (χ0) is 21.9. The number of nitrogens with zero attached hydrogens (tertiary/aromatic N) is 3. The van der Waals surface area contributed by atoms with Crippen LogP contribution in [0.25, 0.3) is 27.7 Å². The van der Waals surface area contributed by atoms with E-state index in [1.165, 1.54) is 5.57 Å². The van der Waals surface area contributed by atoms with Gasteiger partial charge in [0.1, 0.15) is 18.7 Å². The van der Waals surface area contributed by atoms with Crippen LogP contribution in [-0.2, 0) is 11.3 Å². The maximum absolute atomic E-state index is 6.21. The third kappa shape index (κ3) is 3.99. The smallest absolute Gasteiger partial charge is 0.123 e. The molecule has 0 fully saturated rings. The van der Waals surface area contributed by atoms with E-state index in [2.05, 4.69) is 54.2 Å². The quantitative estimate of drug-likeness (QED) is 0.413. The second-order valence-electron chi connectivity index (χ2n) is 8.03. The summed E-state index contributed by atoms with van der Waals surface area (Å²) in [5.74, 6) is 0.856. The molecule has 160 valence electrons. The van der Waals surface area contributed by atoms with Gasteiger partial charge in [-0.15, -0.1) is 0 Å². The summed E-state index contributed by atoms with van der Waals surface area (Å²) in [6.45, 7) is 6.06. The summed E-state index contributed by atoms with van der Waals surface area (Å²) in [4.78, 5) is 13.9. The van der Waals surface area contributed by atoms with E-state index in [1.54, 1.807) is 6.33 Å². The molecule has 5 nitrogen and oxygen atoms in total. The Morgan fingerprint density at radius 2 is 1.94 bits per heavy atom. The van der Waals surface area contributed by atoms with Gasteiger partial charge in [0.25, 0.3) is 0 Å². The molecule has 0 amide bonds. The first-order chi connectivity index (χ1) is 15.7. The highest BCUT2D eigenvalue weighted by atomic mass is 16.5. The van der Waals surface area contributed by atoms with Gasteiger partial charge in [-0.25, -0.2) is 15.0 Å². The third-order valence-electron chi connectivity index (χ3n) is 5.88. The SMILES string of the molecule is Cc1ccc(OCc2ccccc2)c(C)c1-c1nc(C2=CCOCC2)cc2cncnc12. The summed E-state index contributed by atoms with van der Waals surface area (Å²) in [6.07, 6.45) is 6.41. The van der Waals surface area contributed by atoms with Crippen LogP contribution in [0, 0.1) is 13.8 Å². The van der Waals surface area contributed by atoms with Crippen molar-refractivity contribution in [2.24, 2.45) is 0 Å². The molecule has 0 unspecified atom stereocenters. The van der Waals surface area contributed by atoms with Crippen LogP contribution in [0.3, 0.4) is 0 Å². The van der Waals surface area contributed by atoms with Gasteiger partial charge in [0.05, 0.1) is 30.1 Å². The first-order valence-electron chi connectivity index (χ1n) is 10.9. The summed E-state index contributed by atoms with van der Waals surface area (Å²) in [6, 6.07) is 16.4. The molecule has 4 aromatic rings. The van der Waals surface area contributed by atoms with Crippen molar-refractivity contribution < 1.29 is 9.47 Å². The fourth-order valence-corrected chi connectivity index (χ4v) is 4.18. The molecule has 2 aromatic heterocycles. The molecule has 3 heterocycles. The molecule has 0 radical (unpaired) electrons. The predicted molar refractivity (Wildman–Crippen MR) is 126 cm³/mol. The number of aromatic nitrogens is 3. The summed E-state index contributed by atoms with van der Waals surface area (Å²) in [7, 11) is 0. The molecule has 1 aliphatic heterocycles. The molecule has 32 heavy (non-hydrogen) atoms. The van der Waals surface area contributed by atoms with Crippen molar-refractivity contribution in [3.63, 3.8) is 0 Å². The maximum Gasteiger partial charge on any atom is 0.123 e. The Balaban J connectivity index is 1.62. The summed E-state index contributed by atoms with van der Waals surface area (Å²) < 4.78 is 11.7. The maximum atomic E-state index is 6.21. The minimum Gasteiger partial charge on any atom is -0.489 e. The molecule has 1 aliphatic rings. The molecule has 5 rings (SSSR count). The van der Waals surface area contributed by atoms with Gasteiger partial charge in [0, 0.05) is 22.7 Å². The lowest BCUT2D eigenvalue weighted by atomic mass is 9.96. The van der Waals surface area contributed by atoms with Gasteiger partial charge < -0.3 is 9.47 Å². The van der Waals surface area contributed by atoms with E-state index in [0.29, 0.717) is 19.8 Å². The van der Waals surface area contributed by atoms with Crippen LogP contribution in [0.15, 0.2) is 67.1 Å². The minimum absolute atomic E-state index is 0.521. The molecule has 0 atom stereocenters. The van der Waals surface area contributed by atoms with Crippen molar-refractivity contribution in [3.8, 4) is 17.0 Å². The number of pyridine rings is 1. The average Bonchev–Trinajstić information content (AvgIpc) is 2.84. The van der Waals surface area contributed by atoms with Crippen LogP contribution >= 0.6 is 0 Å².